The molecule has 1 heterocycles. The van der Waals surface area contributed by atoms with E-state index >= 15 is 0 Å². The molecule has 2 rings (SSSR count). The van der Waals surface area contributed by atoms with Gasteiger partial charge < -0.3 is 5.73 Å². The summed E-state index contributed by atoms with van der Waals surface area (Å²) in [6.07, 6.45) is 1.81. The summed E-state index contributed by atoms with van der Waals surface area (Å²) in [7, 11) is 1.99. The van der Waals surface area contributed by atoms with E-state index in [0.717, 1.165) is 18.5 Å². The molecule has 0 saturated carbocycles. The van der Waals surface area contributed by atoms with Crippen LogP contribution in [0.5, 0.6) is 0 Å². The smallest absolute Gasteiger partial charge is 0.0628 e. The van der Waals surface area contributed by atoms with Gasteiger partial charge in [0.05, 0.1) is 5.69 Å². The van der Waals surface area contributed by atoms with E-state index in [0.29, 0.717) is 0 Å². The number of rotatable bonds is 4. The molecule has 1 atom stereocenters. The van der Waals surface area contributed by atoms with Gasteiger partial charge in [0.2, 0.25) is 0 Å². The quantitative estimate of drug-likeness (QED) is 0.938. The molecule has 0 bridgehead atoms. The molecular weight excluding hydrogens is 258 g/mol. The number of hydrogen-bond acceptors (Lipinski definition) is 2. The number of aromatic nitrogens is 2. The molecule has 3 heteroatoms. The predicted molar refractivity (Wildman–Crippen MR) is 88.7 cm³/mol. The third-order valence-electron chi connectivity index (χ3n) is 4.43. The fraction of sp³-hybridized carbons (Fsp3) is 0.500. The van der Waals surface area contributed by atoms with Crippen LogP contribution in [0.15, 0.2) is 12.1 Å². The zero-order chi connectivity index (χ0) is 15.7. The van der Waals surface area contributed by atoms with Crippen LogP contribution in [0.1, 0.15) is 39.2 Å². The Morgan fingerprint density at radius 3 is 2.00 bits per heavy atom. The molecule has 0 aliphatic rings. The van der Waals surface area contributed by atoms with Crippen LogP contribution in [0, 0.1) is 34.6 Å². The van der Waals surface area contributed by atoms with Crippen LogP contribution < -0.4 is 5.73 Å². The number of nitrogens with zero attached hydrogens (tertiary/aromatic N) is 2. The van der Waals surface area contributed by atoms with E-state index in [-0.39, 0.29) is 6.04 Å². The number of aryl methyl sites for hydroxylation is 5. The third kappa shape index (κ3) is 3.35. The molecule has 0 aliphatic carbocycles. The number of nitrogens with two attached hydrogens (primary N) is 1. The molecule has 1 aromatic carbocycles. The van der Waals surface area contributed by atoms with Crippen molar-refractivity contribution in [3.05, 3.63) is 51.3 Å². The third-order valence-corrected chi connectivity index (χ3v) is 4.43. The van der Waals surface area contributed by atoms with Gasteiger partial charge in [-0.2, -0.15) is 5.10 Å². The van der Waals surface area contributed by atoms with Crippen molar-refractivity contribution in [3.63, 3.8) is 0 Å². The van der Waals surface area contributed by atoms with Gasteiger partial charge >= 0.3 is 0 Å². The maximum Gasteiger partial charge on any atom is 0.0628 e. The Balaban J connectivity index is 2.17. The lowest BCUT2D eigenvalue weighted by Crippen LogP contribution is -2.27. The van der Waals surface area contributed by atoms with Gasteiger partial charge in [-0.15, -0.1) is 0 Å². The van der Waals surface area contributed by atoms with E-state index in [1.54, 1.807) is 0 Å². The maximum atomic E-state index is 6.42. The average Bonchev–Trinajstić information content (AvgIpc) is 2.60. The summed E-state index contributed by atoms with van der Waals surface area (Å²) in [6.45, 7) is 10.7. The highest BCUT2D eigenvalue weighted by atomic mass is 15.3. The second-order valence-electron chi connectivity index (χ2n) is 6.32. The number of hydrogen-bond donors (Lipinski definition) is 1. The Kier molecular flexibility index (Phi) is 4.52. The summed E-state index contributed by atoms with van der Waals surface area (Å²) in [5.74, 6) is 0. The van der Waals surface area contributed by atoms with Gasteiger partial charge in [0.15, 0.2) is 0 Å². The van der Waals surface area contributed by atoms with Crippen molar-refractivity contribution >= 4 is 0 Å². The van der Waals surface area contributed by atoms with Gasteiger partial charge in [-0.3, -0.25) is 4.68 Å². The first-order valence-electron chi connectivity index (χ1n) is 7.61. The highest BCUT2D eigenvalue weighted by Crippen LogP contribution is 2.20. The van der Waals surface area contributed by atoms with Crippen LogP contribution in [0.4, 0.5) is 0 Å². The highest BCUT2D eigenvalue weighted by Gasteiger charge is 2.15. The van der Waals surface area contributed by atoms with E-state index in [1.165, 1.54) is 33.5 Å². The molecule has 114 valence electrons. The minimum atomic E-state index is 0.131. The Bertz CT molecular complexity index is 630. The topological polar surface area (TPSA) is 43.8 Å². The van der Waals surface area contributed by atoms with Gasteiger partial charge in [0, 0.05) is 18.8 Å². The van der Waals surface area contributed by atoms with Crippen molar-refractivity contribution in [1.29, 1.82) is 0 Å². The summed E-state index contributed by atoms with van der Waals surface area (Å²) in [5, 5.41) is 4.48. The average molecular weight is 285 g/mol. The summed E-state index contributed by atoms with van der Waals surface area (Å²) >= 11 is 0. The van der Waals surface area contributed by atoms with Crippen LogP contribution in [0.2, 0.25) is 0 Å². The molecule has 0 aliphatic heterocycles. The van der Waals surface area contributed by atoms with Crippen molar-refractivity contribution in [2.24, 2.45) is 12.8 Å². The van der Waals surface area contributed by atoms with E-state index in [4.69, 9.17) is 5.73 Å². The van der Waals surface area contributed by atoms with Crippen molar-refractivity contribution in [3.8, 4) is 0 Å². The van der Waals surface area contributed by atoms with Gasteiger partial charge in [-0.05, 0) is 69.7 Å². The Hall–Kier alpha value is -1.61. The molecule has 2 aromatic rings. The molecule has 0 amide bonds. The first-order valence-corrected chi connectivity index (χ1v) is 7.61. The van der Waals surface area contributed by atoms with E-state index in [2.05, 4.69) is 51.9 Å². The summed E-state index contributed by atoms with van der Waals surface area (Å²) in [6, 6.07) is 4.62. The van der Waals surface area contributed by atoms with Crippen LogP contribution in [0.25, 0.3) is 0 Å². The molecule has 21 heavy (non-hydrogen) atoms. The second kappa shape index (κ2) is 6.02. The molecule has 1 aromatic heterocycles. The van der Waals surface area contributed by atoms with E-state index < -0.39 is 0 Å². The fourth-order valence-electron chi connectivity index (χ4n) is 3.24. The van der Waals surface area contributed by atoms with Gasteiger partial charge in [-0.25, -0.2) is 0 Å². The molecular formula is C18H27N3. The molecule has 0 spiro atoms. The van der Waals surface area contributed by atoms with Crippen molar-refractivity contribution in [2.75, 3.05) is 0 Å². The fourth-order valence-corrected chi connectivity index (χ4v) is 3.24. The first kappa shape index (κ1) is 15.8. The van der Waals surface area contributed by atoms with Crippen LogP contribution in [-0.2, 0) is 19.9 Å². The van der Waals surface area contributed by atoms with Crippen LogP contribution >= 0.6 is 0 Å². The van der Waals surface area contributed by atoms with Gasteiger partial charge in [0.25, 0.3) is 0 Å². The molecule has 3 nitrogen and oxygen atoms in total. The van der Waals surface area contributed by atoms with E-state index in [9.17, 15) is 0 Å². The predicted octanol–water partition coefficient (Wildman–Crippen LogP) is 3.07. The molecule has 2 N–H and O–H groups in total. The molecule has 0 fully saturated rings. The highest BCUT2D eigenvalue weighted by molar-refractivity contribution is 5.38. The van der Waals surface area contributed by atoms with Crippen LogP contribution in [-0.4, -0.2) is 15.8 Å². The monoisotopic (exact) mass is 285 g/mol. The molecule has 0 saturated heterocycles. The Morgan fingerprint density at radius 2 is 1.52 bits per heavy atom. The van der Waals surface area contributed by atoms with Crippen LogP contribution in [0.3, 0.4) is 0 Å². The van der Waals surface area contributed by atoms with Crippen molar-refractivity contribution in [1.82, 2.24) is 9.78 Å². The molecule has 1 unspecified atom stereocenters. The zero-order valence-corrected chi connectivity index (χ0v) is 14.1. The minimum Gasteiger partial charge on any atom is -0.327 e. The Morgan fingerprint density at radius 1 is 1.00 bits per heavy atom. The maximum absolute atomic E-state index is 6.42. The lowest BCUT2D eigenvalue weighted by Gasteiger charge is -2.17. The number of benzene rings is 1. The summed E-state index contributed by atoms with van der Waals surface area (Å²) in [4.78, 5) is 0. The Labute approximate surface area is 128 Å². The summed E-state index contributed by atoms with van der Waals surface area (Å²) < 4.78 is 1.94. The SMILES string of the molecule is Cc1cc(C)c(CC(N)Cc2c(C)nn(C)c2C)c(C)c1. The van der Waals surface area contributed by atoms with Gasteiger partial charge in [-0.1, -0.05) is 17.7 Å². The normalized spacial score (nSPS) is 12.7. The second-order valence-corrected chi connectivity index (χ2v) is 6.32. The van der Waals surface area contributed by atoms with Crippen molar-refractivity contribution < 1.29 is 0 Å². The van der Waals surface area contributed by atoms with Gasteiger partial charge in [0.1, 0.15) is 0 Å². The summed E-state index contributed by atoms with van der Waals surface area (Å²) in [5.41, 5.74) is 15.5. The zero-order valence-electron chi connectivity index (χ0n) is 14.1. The standard InChI is InChI=1S/C18H27N3/c1-11-7-12(2)17(13(3)8-11)9-16(19)10-18-14(4)20-21(6)15(18)5/h7-8,16H,9-10,19H2,1-6H3. The lowest BCUT2D eigenvalue weighted by atomic mass is 9.92. The van der Waals surface area contributed by atoms with Crippen molar-refractivity contribution in [2.45, 2.75) is 53.5 Å². The lowest BCUT2D eigenvalue weighted by molar-refractivity contribution is 0.654. The largest absolute Gasteiger partial charge is 0.327 e. The van der Waals surface area contributed by atoms with E-state index in [1.807, 2.05) is 11.7 Å². The molecule has 0 radical (unpaired) electrons. The first-order chi connectivity index (χ1) is 9.79. The minimum absolute atomic E-state index is 0.131.